The minimum Gasteiger partial charge on any atom is -0.433 e. The number of nitrogen functional groups attached to an aromatic ring is 1. The van der Waals surface area contributed by atoms with Crippen LogP contribution in [0.15, 0.2) is 24.3 Å². The molecule has 0 saturated carbocycles. The van der Waals surface area contributed by atoms with E-state index in [-0.39, 0.29) is 0 Å². The van der Waals surface area contributed by atoms with Crippen molar-refractivity contribution in [1.82, 2.24) is 0 Å². The van der Waals surface area contributed by atoms with E-state index in [0.29, 0.717) is 0 Å². The Morgan fingerprint density at radius 2 is 1.11 bits per heavy atom. The summed E-state index contributed by atoms with van der Waals surface area (Å²) in [4.78, 5) is 0. The number of rotatable bonds is 5. The Hall–Kier alpha value is -0.409. The van der Waals surface area contributed by atoms with E-state index in [1.54, 1.807) is 0 Å². The molecular weight excluding hydrogens is 286 g/mol. The lowest BCUT2D eigenvalue weighted by atomic mass is 10.3. The minimum atomic E-state index is -2.35. The zero-order valence-corrected chi connectivity index (χ0v) is 16.2. The topological polar surface area (TPSA) is 44.5 Å². The van der Waals surface area contributed by atoms with Crippen LogP contribution in [-0.4, -0.2) is 25.2 Å². The molecule has 6 heteroatoms. The Morgan fingerprint density at radius 3 is 1.42 bits per heavy atom. The van der Waals surface area contributed by atoms with Gasteiger partial charge in [0.1, 0.15) is 0 Å². The number of nitrogens with two attached hydrogens (primary N) is 1. The van der Waals surface area contributed by atoms with Gasteiger partial charge in [0.05, 0.1) is 0 Å². The van der Waals surface area contributed by atoms with Crippen LogP contribution in [0.1, 0.15) is 0 Å². The van der Waals surface area contributed by atoms with Gasteiger partial charge in [-0.3, -0.25) is 0 Å². The summed E-state index contributed by atoms with van der Waals surface area (Å²) in [5.41, 5.74) is 6.55. The maximum atomic E-state index is 6.48. The first kappa shape index (κ1) is 16.6. The third kappa shape index (κ3) is 5.62. The van der Waals surface area contributed by atoms with Gasteiger partial charge in [0, 0.05) is 5.69 Å². The molecule has 0 aliphatic rings. The largest absolute Gasteiger partial charge is 0.433 e. The second kappa shape index (κ2) is 5.53. The van der Waals surface area contributed by atoms with E-state index < -0.39 is 25.2 Å². The molecule has 1 aromatic rings. The monoisotopic (exact) mass is 313 g/mol. The molecular formula is C13H27NO2Si3. The molecule has 1 rings (SSSR count). The van der Waals surface area contributed by atoms with Crippen molar-refractivity contribution in [2.45, 2.75) is 45.8 Å². The molecule has 0 unspecified atom stereocenters. The van der Waals surface area contributed by atoms with Gasteiger partial charge < -0.3 is 14.0 Å². The van der Waals surface area contributed by atoms with E-state index in [2.05, 4.69) is 58.0 Å². The van der Waals surface area contributed by atoms with Crippen molar-refractivity contribution in [3.63, 3.8) is 0 Å². The summed E-state index contributed by atoms with van der Waals surface area (Å²) in [6.45, 7) is 15.4. The summed E-state index contributed by atoms with van der Waals surface area (Å²) in [5.74, 6) is 0. The van der Waals surface area contributed by atoms with Crippen molar-refractivity contribution in [3.05, 3.63) is 24.3 Å². The molecule has 3 nitrogen and oxygen atoms in total. The predicted molar refractivity (Wildman–Crippen MR) is 91.0 cm³/mol. The third-order valence-electron chi connectivity index (χ3n) is 2.44. The summed E-state index contributed by atoms with van der Waals surface area (Å²) >= 11 is 0. The molecule has 0 saturated heterocycles. The van der Waals surface area contributed by atoms with Crippen LogP contribution in [-0.2, 0) is 8.23 Å². The highest BCUT2D eigenvalue weighted by Crippen LogP contribution is 2.21. The van der Waals surface area contributed by atoms with Gasteiger partial charge in [-0.1, -0.05) is 12.1 Å². The van der Waals surface area contributed by atoms with Crippen LogP contribution in [0.2, 0.25) is 45.8 Å². The molecule has 0 bridgehead atoms. The van der Waals surface area contributed by atoms with Gasteiger partial charge in [-0.05, 0) is 63.1 Å². The number of hydrogen-bond donors (Lipinski definition) is 1. The summed E-state index contributed by atoms with van der Waals surface area (Å²) < 4.78 is 13.0. The zero-order chi connectivity index (χ0) is 14.9. The molecule has 0 spiro atoms. The molecule has 0 atom stereocenters. The van der Waals surface area contributed by atoms with Crippen LogP contribution in [0.5, 0.6) is 0 Å². The van der Waals surface area contributed by atoms with Gasteiger partial charge >= 0.3 is 8.56 Å². The summed E-state index contributed by atoms with van der Waals surface area (Å²) in [6.07, 6.45) is 0. The lowest BCUT2D eigenvalue weighted by molar-refractivity contribution is 0.404. The maximum absolute atomic E-state index is 6.48. The Morgan fingerprint density at radius 1 is 0.737 bits per heavy atom. The lowest BCUT2D eigenvalue weighted by Crippen LogP contribution is -2.60. The van der Waals surface area contributed by atoms with Gasteiger partial charge in [-0.25, -0.2) is 0 Å². The Kier molecular flexibility index (Phi) is 4.84. The van der Waals surface area contributed by atoms with Gasteiger partial charge in [-0.15, -0.1) is 0 Å². The van der Waals surface area contributed by atoms with E-state index in [0.717, 1.165) is 5.69 Å². The number of hydrogen-bond acceptors (Lipinski definition) is 3. The van der Waals surface area contributed by atoms with Crippen LogP contribution < -0.4 is 10.9 Å². The fourth-order valence-corrected chi connectivity index (χ4v) is 13.7. The summed E-state index contributed by atoms with van der Waals surface area (Å²) in [6, 6.07) is 7.98. The number of anilines is 1. The molecule has 0 radical (unpaired) electrons. The Labute approximate surface area is 120 Å². The van der Waals surface area contributed by atoms with E-state index in [1.165, 1.54) is 5.19 Å². The van der Waals surface area contributed by atoms with Crippen LogP contribution in [0.3, 0.4) is 0 Å². The molecule has 1 aromatic carbocycles. The van der Waals surface area contributed by atoms with Gasteiger partial charge in [0.2, 0.25) is 0 Å². The molecule has 2 N–H and O–H groups in total. The summed E-state index contributed by atoms with van der Waals surface area (Å²) in [7, 11) is -5.67. The number of benzene rings is 1. The van der Waals surface area contributed by atoms with Crippen LogP contribution >= 0.6 is 0 Å². The Bertz CT molecular complexity index is 405. The van der Waals surface area contributed by atoms with Crippen LogP contribution in [0.25, 0.3) is 0 Å². The quantitative estimate of drug-likeness (QED) is 0.670. The molecule has 108 valence electrons. The predicted octanol–water partition coefficient (Wildman–Crippen LogP) is 3.25. The maximum Gasteiger partial charge on any atom is 0.348 e. The van der Waals surface area contributed by atoms with Crippen molar-refractivity contribution in [1.29, 1.82) is 0 Å². The van der Waals surface area contributed by atoms with Crippen molar-refractivity contribution < 1.29 is 8.23 Å². The van der Waals surface area contributed by atoms with Crippen LogP contribution in [0.4, 0.5) is 5.69 Å². The molecule has 0 aliphatic carbocycles. The van der Waals surface area contributed by atoms with Crippen LogP contribution in [0, 0.1) is 0 Å². The van der Waals surface area contributed by atoms with Crippen molar-refractivity contribution in [3.8, 4) is 0 Å². The minimum absolute atomic E-state index is 0.779. The normalized spacial score (nSPS) is 13.6. The lowest BCUT2D eigenvalue weighted by Gasteiger charge is -2.38. The van der Waals surface area contributed by atoms with E-state index in [4.69, 9.17) is 14.0 Å². The van der Waals surface area contributed by atoms with Gasteiger partial charge in [0.15, 0.2) is 16.6 Å². The molecule has 0 aliphatic heterocycles. The standard InChI is InChI=1S/C13H27NO2Si3/c1-17(2,3)15-19(7,16-18(4,5)6)13-10-8-12(14)9-11-13/h8-11H,14H2,1-7H3. The van der Waals surface area contributed by atoms with E-state index in [9.17, 15) is 0 Å². The van der Waals surface area contributed by atoms with Gasteiger partial charge in [-0.2, -0.15) is 0 Å². The van der Waals surface area contributed by atoms with E-state index in [1.807, 2.05) is 12.1 Å². The Balaban J connectivity index is 3.14. The second-order valence-electron chi connectivity index (χ2n) is 7.00. The fourth-order valence-electron chi connectivity index (χ4n) is 2.09. The first-order chi connectivity index (χ1) is 8.41. The molecule has 19 heavy (non-hydrogen) atoms. The second-order valence-corrected chi connectivity index (χ2v) is 19.5. The zero-order valence-electron chi connectivity index (χ0n) is 13.2. The molecule has 0 amide bonds. The van der Waals surface area contributed by atoms with Gasteiger partial charge in [0.25, 0.3) is 0 Å². The average Bonchev–Trinajstić information content (AvgIpc) is 2.11. The molecule has 0 fully saturated rings. The van der Waals surface area contributed by atoms with Crippen molar-refractivity contribution in [2.24, 2.45) is 0 Å². The first-order valence-corrected chi connectivity index (χ1v) is 15.8. The first-order valence-electron chi connectivity index (χ1n) is 6.68. The molecule has 0 heterocycles. The SMILES string of the molecule is C[Si](C)(C)O[Si](C)(O[Si](C)(C)C)c1ccc(N)cc1. The smallest absolute Gasteiger partial charge is 0.348 e. The fraction of sp³-hybridized carbons (Fsp3) is 0.538. The molecule has 0 aromatic heterocycles. The average molecular weight is 314 g/mol. The van der Waals surface area contributed by atoms with Crippen molar-refractivity contribution in [2.75, 3.05) is 5.73 Å². The highest BCUT2D eigenvalue weighted by Gasteiger charge is 2.42. The highest BCUT2D eigenvalue weighted by molar-refractivity contribution is 6.94. The summed E-state index contributed by atoms with van der Waals surface area (Å²) in [5, 5.41) is 1.17. The highest BCUT2D eigenvalue weighted by atomic mass is 28.5. The third-order valence-corrected chi connectivity index (χ3v) is 11.8. The van der Waals surface area contributed by atoms with Crippen molar-refractivity contribution >= 4 is 36.1 Å². The van der Waals surface area contributed by atoms with E-state index >= 15 is 0 Å².